The van der Waals surface area contributed by atoms with E-state index in [9.17, 15) is 18.0 Å². The second kappa shape index (κ2) is 9.11. The molecule has 6 rings (SSSR count). The third-order valence-electron chi connectivity index (χ3n) is 6.00. The predicted octanol–water partition coefficient (Wildman–Crippen LogP) is 5.36. The number of nitrogens with zero attached hydrogens (tertiary/aromatic N) is 5. The van der Waals surface area contributed by atoms with E-state index < -0.39 is 18.3 Å². The fourth-order valence-corrected chi connectivity index (χ4v) is 4.30. The highest BCUT2D eigenvalue weighted by molar-refractivity contribution is 5.97. The van der Waals surface area contributed by atoms with Crippen molar-refractivity contribution in [1.29, 1.82) is 0 Å². The standard InChI is InChI=1S/C27H18F3N7O/c28-27(29,30)15-32-26-34-23-13-24(38)37(17-7-8-21-16(12-17)4-3-10-31-21)14-20(23)25(35-26)19-6-2-1-5-18(19)22-9-11-33-36-22/h1-14H,15H2,(H,32,34)(H,33,36). The summed E-state index contributed by atoms with van der Waals surface area (Å²) in [4.78, 5) is 26.2. The molecular formula is C27H18F3N7O. The van der Waals surface area contributed by atoms with Gasteiger partial charge in [0.05, 0.1) is 22.4 Å². The van der Waals surface area contributed by atoms with Crippen LogP contribution < -0.4 is 10.9 Å². The summed E-state index contributed by atoms with van der Waals surface area (Å²) in [5.74, 6) is -0.240. The number of hydrogen-bond acceptors (Lipinski definition) is 6. The van der Waals surface area contributed by atoms with Gasteiger partial charge in [-0.2, -0.15) is 18.3 Å². The van der Waals surface area contributed by atoms with Crippen LogP contribution in [0.3, 0.4) is 0 Å². The van der Waals surface area contributed by atoms with Gasteiger partial charge in [-0.05, 0) is 30.3 Å². The van der Waals surface area contributed by atoms with Crippen LogP contribution in [0.5, 0.6) is 0 Å². The third kappa shape index (κ3) is 4.45. The molecule has 0 saturated heterocycles. The van der Waals surface area contributed by atoms with Crippen LogP contribution in [-0.4, -0.2) is 42.4 Å². The Balaban J connectivity index is 1.59. The summed E-state index contributed by atoms with van der Waals surface area (Å²) in [5, 5.41) is 10.6. The highest BCUT2D eigenvalue weighted by Crippen LogP contribution is 2.34. The molecule has 0 amide bonds. The Hall–Kier alpha value is -5.06. The normalized spacial score (nSPS) is 11.8. The van der Waals surface area contributed by atoms with E-state index in [4.69, 9.17) is 0 Å². The second-order valence-electron chi connectivity index (χ2n) is 8.53. The van der Waals surface area contributed by atoms with E-state index in [0.717, 1.165) is 10.9 Å². The molecule has 0 fully saturated rings. The van der Waals surface area contributed by atoms with Crippen molar-refractivity contribution in [2.75, 3.05) is 11.9 Å². The van der Waals surface area contributed by atoms with Gasteiger partial charge in [0.15, 0.2) is 0 Å². The predicted molar refractivity (Wildman–Crippen MR) is 138 cm³/mol. The van der Waals surface area contributed by atoms with E-state index in [1.54, 1.807) is 42.9 Å². The van der Waals surface area contributed by atoms with Gasteiger partial charge in [-0.1, -0.05) is 30.3 Å². The molecule has 0 aliphatic rings. The van der Waals surface area contributed by atoms with Crippen molar-refractivity contribution in [3.8, 4) is 28.2 Å². The first-order valence-electron chi connectivity index (χ1n) is 11.6. The number of fused-ring (bicyclic) bond motifs is 2. The smallest absolute Gasteiger partial charge is 0.345 e. The van der Waals surface area contributed by atoms with Crippen LogP contribution in [0.15, 0.2) is 90.1 Å². The number of benzene rings is 2. The Kier molecular flexibility index (Phi) is 5.60. The fraction of sp³-hybridized carbons (Fsp3) is 0.0741. The number of aromatic amines is 1. The molecule has 6 aromatic rings. The van der Waals surface area contributed by atoms with Crippen molar-refractivity contribution in [1.82, 2.24) is 29.7 Å². The van der Waals surface area contributed by atoms with Gasteiger partial charge in [0.2, 0.25) is 5.95 Å². The molecule has 0 saturated carbocycles. The maximum Gasteiger partial charge on any atom is 0.405 e. The lowest BCUT2D eigenvalue weighted by atomic mass is 9.99. The minimum Gasteiger partial charge on any atom is -0.345 e. The van der Waals surface area contributed by atoms with E-state index >= 15 is 0 Å². The van der Waals surface area contributed by atoms with E-state index in [1.807, 2.05) is 36.4 Å². The summed E-state index contributed by atoms with van der Waals surface area (Å²) in [7, 11) is 0. The zero-order valence-corrected chi connectivity index (χ0v) is 19.6. The third-order valence-corrected chi connectivity index (χ3v) is 6.00. The summed E-state index contributed by atoms with van der Waals surface area (Å²) in [6.07, 6.45) is 0.501. The van der Waals surface area contributed by atoms with Crippen LogP contribution in [0.25, 0.3) is 50.0 Å². The summed E-state index contributed by atoms with van der Waals surface area (Å²) in [6, 6.07) is 19.5. The van der Waals surface area contributed by atoms with Crippen LogP contribution in [-0.2, 0) is 0 Å². The molecule has 2 aromatic carbocycles. The van der Waals surface area contributed by atoms with Crippen molar-refractivity contribution in [3.05, 3.63) is 95.7 Å². The molecule has 4 aromatic heterocycles. The minimum atomic E-state index is -4.47. The average molecular weight is 513 g/mol. The lowest BCUT2D eigenvalue weighted by Gasteiger charge is -2.15. The largest absolute Gasteiger partial charge is 0.405 e. The van der Waals surface area contributed by atoms with Gasteiger partial charge in [-0.25, -0.2) is 9.97 Å². The molecule has 0 aliphatic heterocycles. The summed E-state index contributed by atoms with van der Waals surface area (Å²) < 4.78 is 40.3. The first-order valence-corrected chi connectivity index (χ1v) is 11.6. The Bertz CT molecular complexity index is 1850. The van der Waals surface area contributed by atoms with Crippen molar-refractivity contribution in [3.63, 3.8) is 0 Å². The number of hydrogen-bond donors (Lipinski definition) is 2. The number of anilines is 1. The summed E-state index contributed by atoms with van der Waals surface area (Å²) >= 11 is 0. The first kappa shape index (κ1) is 23.3. The van der Waals surface area contributed by atoms with Crippen LogP contribution in [0.4, 0.5) is 19.1 Å². The van der Waals surface area contributed by atoms with Crippen molar-refractivity contribution in [2.45, 2.75) is 6.18 Å². The first-order chi connectivity index (χ1) is 18.4. The molecule has 0 unspecified atom stereocenters. The van der Waals surface area contributed by atoms with Gasteiger partial charge in [-0.15, -0.1) is 0 Å². The fourth-order valence-electron chi connectivity index (χ4n) is 4.30. The topological polar surface area (TPSA) is 101 Å². The van der Waals surface area contributed by atoms with E-state index in [1.165, 1.54) is 10.6 Å². The zero-order chi connectivity index (χ0) is 26.3. The minimum absolute atomic E-state index is 0.209. The SMILES string of the molecule is O=c1cc2nc(NCC(F)(F)F)nc(-c3ccccc3-c3cc[nH]n3)c2cn1-c1ccc2ncccc2c1. The lowest BCUT2D eigenvalue weighted by molar-refractivity contribution is -0.115. The number of pyridine rings is 2. The molecule has 2 N–H and O–H groups in total. The molecule has 38 heavy (non-hydrogen) atoms. The highest BCUT2D eigenvalue weighted by Gasteiger charge is 2.27. The number of halogens is 3. The number of rotatable bonds is 5. The molecule has 188 valence electrons. The van der Waals surface area contributed by atoms with Crippen LogP contribution in [0.1, 0.15) is 0 Å². The molecule has 4 heterocycles. The monoisotopic (exact) mass is 513 g/mol. The number of aromatic nitrogens is 6. The Morgan fingerprint density at radius 3 is 2.55 bits per heavy atom. The van der Waals surface area contributed by atoms with Gasteiger partial charge in [0.1, 0.15) is 6.54 Å². The second-order valence-corrected chi connectivity index (χ2v) is 8.53. The van der Waals surface area contributed by atoms with Crippen molar-refractivity contribution in [2.24, 2.45) is 0 Å². The maximum atomic E-state index is 13.2. The Morgan fingerprint density at radius 2 is 1.76 bits per heavy atom. The Morgan fingerprint density at radius 1 is 0.921 bits per heavy atom. The zero-order valence-electron chi connectivity index (χ0n) is 19.6. The summed E-state index contributed by atoms with van der Waals surface area (Å²) in [5.41, 5.74) is 3.51. The van der Waals surface area contributed by atoms with Gasteiger partial charge >= 0.3 is 6.18 Å². The number of nitrogens with one attached hydrogen (secondary N) is 2. The molecule has 0 aliphatic carbocycles. The van der Waals surface area contributed by atoms with Crippen LogP contribution in [0.2, 0.25) is 0 Å². The Labute approximate surface area is 212 Å². The molecule has 0 radical (unpaired) electrons. The van der Waals surface area contributed by atoms with E-state index in [0.29, 0.717) is 33.6 Å². The van der Waals surface area contributed by atoms with Crippen LogP contribution in [0, 0.1) is 0 Å². The van der Waals surface area contributed by atoms with Gasteiger partial charge in [0.25, 0.3) is 5.56 Å². The quantitative estimate of drug-likeness (QED) is 0.322. The molecule has 11 heteroatoms. The highest BCUT2D eigenvalue weighted by atomic mass is 19.4. The summed E-state index contributed by atoms with van der Waals surface area (Å²) in [6.45, 7) is -1.32. The van der Waals surface area contributed by atoms with Crippen molar-refractivity contribution >= 4 is 27.8 Å². The maximum absolute atomic E-state index is 13.2. The van der Waals surface area contributed by atoms with E-state index in [-0.39, 0.29) is 11.5 Å². The molecule has 0 atom stereocenters. The van der Waals surface area contributed by atoms with Crippen LogP contribution >= 0.6 is 0 Å². The van der Waals surface area contributed by atoms with Crippen molar-refractivity contribution < 1.29 is 13.2 Å². The lowest BCUT2D eigenvalue weighted by Crippen LogP contribution is -2.23. The van der Waals surface area contributed by atoms with E-state index in [2.05, 4.69) is 30.5 Å². The number of alkyl halides is 3. The molecular weight excluding hydrogens is 495 g/mol. The van der Waals surface area contributed by atoms with Gasteiger partial charge in [0, 0.05) is 52.2 Å². The van der Waals surface area contributed by atoms with Gasteiger partial charge < -0.3 is 5.32 Å². The molecule has 8 nitrogen and oxygen atoms in total. The van der Waals surface area contributed by atoms with Gasteiger partial charge in [-0.3, -0.25) is 19.4 Å². The number of H-pyrrole nitrogens is 1. The molecule has 0 spiro atoms. The molecule has 0 bridgehead atoms. The average Bonchev–Trinajstić information content (AvgIpc) is 3.45.